The Morgan fingerprint density at radius 2 is 2.36 bits per heavy atom. The predicted molar refractivity (Wildman–Crippen MR) is 34.9 cm³/mol. The average Bonchev–Trinajstić information content (AvgIpc) is 2.43. The zero-order valence-corrected chi connectivity index (χ0v) is 6.03. The summed E-state index contributed by atoms with van der Waals surface area (Å²) < 4.78 is 10.3. The summed E-state index contributed by atoms with van der Waals surface area (Å²) in [5.74, 6) is -0.184. The van der Waals surface area contributed by atoms with Crippen LogP contribution in [0.5, 0.6) is 0 Å². The van der Waals surface area contributed by atoms with E-state index in [1.165, 1.54) is 0 Å². The molecule has 2 aliphatic heterocycles. The Kier molecular flexibility index (Phi) is 1.58. The van der Waals surface area contributed by atoms with Gasteiger partial charge in [-0.15, -0.1) is 0 Å². The third-order valence-corrected chi connectivity index (χ3v) is 2.13. The average molecular weight is 158 g/mol. The first-order chi connectivity index (χ1) is 5.29. The van der Waals surface area contributed by atoms with Gasteiger partial charge in [0.25, 0.3) is 0 Å². The monoisotopic (exact) mass is 158 g/mol. The number of esters is 1. The van der Waals surface area contributed by atoms with Crippen LogP contribution >= 0.6 is 0 Å². The molecule has 0 radical (unpaired) electrons. The number of rotatable bonds is 1. The van der Waals surface area contributed by atoms with E-state index in [1.54, 1.807) is 0 Å². The van der Waals surface area contributed by atoms with E-state index in [0.29, 0.717) is 12.8 Å². The molecule has 0 aromatic heterocycles. The van der Waals surface area contributed by atoms with Crippen molar-refractivity contribution in [1.82, 2.24) is 0 Å². The molecule has 2 saturated heterocycles. The van der Waals surface area contributed by atoms with Crippen molar-refractivity contribution in [2.24, 2.45) is 0 Å². The maximum absolute atomic E-state index is 10.7. The Labute approximate surface area is 64.1 Å². The molecule has 0 spiro atoms. The SMILES string of the molecule is O=C1C[C@H]2O[C@@H](CO)C[C@H]2O1. The number of carbonyl (C=O) groups excluding carboxylic acids is 1. The van der Waals surface area contributed by atoms with Crippen molar-refractivity contribution >= 4 is 5.97 Å². The second kappa shape index (κ2) is 2.46. The zero-order chi connectivity index (χ0) is 7.84. The zero-order valence-electron chi connectivity index (χ0n) is 6.03. The van der Waals surface area contributed by atoms with Crippen LogP contribution in [-0.2, 0) is 14.3 Å². The van der Waals surface area contributed by atoms with E-state index >= 15 is 0 Å². The number of aliphatic hydroxyl groups is 1. The third kappa shape index (κ3) is 1.12. The number of carbonyl (C=O) groups is 1. The van der Waals surface area contributed by atoms with Gasteiger partial charge in [0, 0.05) is 6.42 Å². The number of aliphatic hydroxyl groups excluding tert-OH is 1. The van der Waals surface area contributed by atoms with Gasteiger partial charge in [-0.1, -0.05) is 0 Å². The number of fused-ring (bicyclic) bond motifs is 1. The summed E-state index contributed by atoms with van der Waals surface area (Å²) in [4.78, 5) is 10.7. The van der Waals surface area contributed by atoms with Crippen LogP contribution in [0.15, 0.2) is 0 Å². The minimum atomic E-state index is -0.184. The smallest absolute Gasteiger partial charge is 0.308 e. The Morgan fingerprint density at radius 3 is 3.00 bits per heavy atom. The van der Waals surface area contributed by atoms with Crippen molar-refractivity contribution in [1.29, 1.82) is 0 Å². The largest absolute Gasteiger partial charge is 0.459 e. The maximum atomic E-state index is 10.7. The van der Waals surface area contributed by atoms with Crippen LogP contribution in [0, 0.1) is 0 Å². The molecule has 0 saturated carbocycles. The molecule has 4 heteroatoms. The number of hydrogen-bond donors (Lipinski definition) is 1. The molecule has 0 amide bonds. The van der Waals surface area contributed by atoms with Gasteiger partial charge >= 0.3 is 5.97 Å². The second-order valence-corrected chi connectivity index (χ2v) is 2.95. The Balaban J connectivity index is 1.98. The van der Waals surface area contributed by atoms with Gasteiger partial charge in [0.15, 0.2) is 0 Å². The number of hydrogen-bond acceptors (Lipinski definition) is 4. The summed E-state index contributed by atoms with van der Waals surface area (Å²) in [5, 5.41) is 8.72. The quantitative estimate of drug-likeness (QED) is 0.520. The minimum Gasteiger partial charge on any atom is -0.459 e. The van der Waals surface area contributed by atoms with Crippen LogP contribution in [0.1, 0.15) is 12.8 Å². The van der Waals surface area contributed by atoms with Crippen LogP contribution in [-0.4, -0.2) is 36.0 Å². The van der Waals surface area contributed by atoms with Gasteiger partial charge in [0.05, 0.1) is 19.1 Å². The molecule has 2 heterocycles. The van der Waals surface area contributed by atoms with Gasteiger partial charge in [-0.05, 0) is 0 Å². The summed E-state index contributed by atoms with van der Waals surface area (Å²) in [6, 6.07) is 0. The molecule has 2 aliphatic rings. The van der Waals surface area contributed by atoms with Crippen LogP contribution in [0.4, 0.5) is 0 Å². The van der Waals surface area contributed by atoms with Crippen LogP contribution < -0.4 is 0 Å². The highest BCUT2D eigenvalue weighted by Gasteiger charge is 2.43. The first-order valence-corrected chi connectivity index (χ1v) is 3.75. The Morgan fingerprint density at radius 1 is 1.55 bits per heavy atom. The highest BCUT2D eigenvalue weighted by Crippen LogP contribution is 2.30. The minimum absolute atomic E-state index is 0.0184. The molecule has 2 rings (SSSR count). The molecule has 0 aromatic carbocycles. The molecule has 4 nitrogen and oxygen atoms in total. The summed E-state index contributed by atoms with van der Waals surface area (Å²) in [6.45, 7) is 0.0184. The van der Waals surface area contributed by atoms with Crippen molar-refractivity contribution in [3.63, 3.8) is 0 Å². The lowest BCUT2D eigenvalue weighted by Gasteiger charge is -2.05. The van der Waals surface area contributed by atoms with E-state index in [0.717, 1.165) is 0 Å². The molecule has 0 aliphatic carbocycles. The standard InChI is InChI=1S/C7H10O4/c8-3-4-1-5-6(10-4)2-7(9)11-5/h4-6,8H,1-3H2/t4-,5-,6-/m1/s1. The van der Waals surface area contributed by atoms with Crippen molar-refractivity contribution in [3.8, 4) is 0 Å². The molecular weight excluding hydrogens is 148 g/mol. The first kappa shape index (κ1) is 7.06. The fourth-order valence-electron chi connectivity index (χ4n) is 1.60. The summed E-state index contributed by atoms with van der Waals surface area (Å²) in [7, 11) is 0. The third-order valence-electron chi connectivity index (χ3n) is 2.13. The van der Waals surface area contributed by atoms with Crippen molar-refractivity contribution in [2.45, 2.75) is 31.2 Å². The fourth-order valence-corrected chi connectivity index (χ4v) is 1.60. The predicted octanol–water partition coefficient (Wildman–Crippen LogP) is -0.548. The molecule has 0 aromatic rings. The number of ether oxygens (including phenoxy) is 2. The van der Waals surface area contributed by atoms with E-state index in [2.05, 4.69) is 0 Å². The lowest BCUT2D eigenvalue weighted by atomic mass is 10.1. The van der Waals surface area contributed by atoms with Crippen LogP contribution in [0.25, 0.3) is 0 Å². The van der Waals surface area contributed by atoms with Crippen molar-refractivity contribution < 1.29 is 19.4 Å². The van der Waals surface area contributed by atoms with Gasteiger partial charge in [0.1, 0.15) is 12.2 Å². The summed E-state index contributed by atoms with van der Waals surface area (Å²) in [6.07, 6.45) is 0.672. The molecule has 11 heavy (non-hydrogen) atoms. The maximum Gasteiger partial charge on any atom is 0.308 e. The molecular formula is C7H10O4. The highest BCUT2D eigenvalue weighted by atomic mass is 16.6. The van der Waals surface area contributed by atoms with Crippen LogP contribution in [0.3, 0.4) is 0 Å². The highest BCUT2D eigenvalue weighted by molar-refractivity contribution is 5.72. The van der Waals surface area contributed by atoms with Gasteiger partial charge in [0.2, 0.25) is 0 Å². The Hall–Kier alpha value is -0.610. The topological polar surface area (TPSA) is 55.8 Å². The lowest BCUT2D eigenvalue weighted by molar-refractivity contribution is -0.141. The normalized spacial score (nSPS) is 42.3. The Bertz CT molecular complexity index is 163. The molecule has 0 unspecified atom stereocenters. The molecule has 0 bridgehead atoms. The van der Waals surface area contributed by atoms with E-state index in [9.17, 15) is 4.79 Å². The van der Waals surface area contributed by atoms with E-state index in [1.807, 2.05) is 0 Å². The molecule has 2 fully saturated rings. The van der Waals surface area contributed by atoms with E-state index in [-0.39, 0.29) is 30.9 Å². The fraction of sp³-hybridized carbons (Fsp3) is 0.857. The molecule has 62 valence electrons. The lowest BCUT2D eigenvalue weighted by Crippen LogP contribution is -2.15. The first-order valence-electron chi connectivity index (χ1n) is 3.75. The molecule has 3 atom stereocenters. The van der Waals surface area contributed by atoms with Gasteiger partial charge in [-0.2, -0.15) is 0 Å². The van der Waals surface area contributed by atoms with Crippen molar-refractivity contribution in [2.75, 3.05) is 6.61 Å². The van der Waals surface area contributed by atoms with Gasteiger partial charge in [-0.3, -0.25) is 4.79 Å². The van der Waals surface area contributed by atoms with Crippen molar-refractivity contribution in [3.05, 3.63) is 0 Å². The van der Waals surface area contributed by atoms with Gasteiger partial charge < -0.3 is 14.6 Å². The van der Waals surface area contributed by atoms with E-state index in [4.69, 9.17) is 14.6 Å². The van der Waals surface area contributed by atoms with E-state index < -0.39 is 0 Å². The summed E-state index contributed by atoms with van der Waals surface area (Å²) >= 11 is 0. The summed E-state index contributed by atoms with van der Waals surface area (Å²) in [5.41, 5.74) is 0. The second-order valence-electron chi connectivity index (χ2n) is 2.95. The molecule has 1 N–H and O–H groups in total. The van der Waals surface area contributed by atoms with Gasteiger partial charge in [-0.25, -0.2) is 0 Å². The van der Waals surface area contributed by atoms with Crippen LogP contribution in [0.2, 0.25) is 0 Å².